The zero-order chi connectivity index (χ0) is 18.8. The highest BCUT2D eigenvalue weighted by Gasteiger charge is 2.59. The summed E-state index contributed by atoms with van der Waals surface area (Å²) in [6.45, 7) is 0. The minimum atomic E-state index is -0.999. The lowest BCUT2D eigenvalue weighted by Gasteiger charge is -2.50. The number of nitrogens with two attached hydrogens (primary N) is 1. The maximum atomic E-state index is 13.2. The van der Waals surface area contributed by atoms with Crippen molar-refractivity contribution >= 4 is 23.5 Å². The Hall–Kier alpha value is -2.53. The van der Waals surface area contributed by atoms with Crippen LogP contribution in [0.1, 0.15) is 31.2 Å². The summed E-state index contributed by atoms with van der Waals surface area (Å²) in [6, 6.07) is 13.6. The standard InChI is InChI=1S/C21H20ClN3O2/c1-25-18(26)21(24-19(25)23)12-20(8-3-9-20)27-17-7-6-14(11-16(17)21)13-4-2-5-15(22)10-13/h2,4-7,10-11H,3,8-9,12H2,1H3,(H2,23,24). The Bertz CT molecular complexity index is 999. The second-order valence-electron chi connectivity index (χ2n) is 7.73. The van der Waals surface area contributed by atoms with Gasteiger partial charge in [0.05, 0.1) is 0 Å². The van der Waals surface area contributed by atoms with Crippen LogP contribution in [0.5, 0.6) is 5.75 Å². The van der Waals surface area contributed by atoms with E-state index in [0.29, 0.717) is 11.4 Å². The molecule has 2 aromatic carbocycles. The number of benzene rings is 2. The second-order valence-corrected chi connectivity index (χ2v) is 8.17. The van der Waals surface area contributed by atoms with Crippen molar-refractivity contribution in [2.45, 2.75) is 36.8 Å². The average Bonchev–Trinajstić information content (AvgIpc) is 2.84. The molecule has 5 nitrogen and oxygen atoms in total. The number of hydrogen-bond donors (Lipinski definition) is 1. The molecule has 1 unspecified atom stereocenters. The molecule has 2 N–H and O–H groups in total. The molecular formula is C21H20ClN3O2. The van der Waals surface area contributed by atoms with Gasteiger partial charge in [-0.05, 0) is 54.7 Å². The highest BCUT2D eigenvalue weighted by molar-refractivity contribution is 6.30. The second kappa shape index (κ2) is 5.49. The zero-order valence-corrected chi connectivity index (χ0v) is 15.8. The third-order valence-corrected chi connectivity index (χ3v) is 6.29. The van der Waals surface area contributed by atoms with Crippen molar-refractivity contribution in [3.05, 3.63) is 53.1 Å². The van der Waals surface area contributed by atoms with Gasteiger partial charge in [-0.2, -0.15) is 0 Å². The van der Waals surface area contributed by atoms with Gasteiger partial charge in [0.1, 0.15) is 11.4 Å². The van der Waals surface area contributed by atoms with Gasteiger partial charge in [-0.25, -0.2) is 4.99 Å². The van der Waals surface area contributed by atoms with Crippen molar-refractivity contribution in [3.8, 4) is 16.9 Å². The van der Waals surface area contributed by atoms with Crippen LogP contribution in [0.3, 0.4) is 0 Å². The number of fused-ring (bicyclic) bond motifs is 2. The summed E-state index contributed by atoms with van der Waals surface area (Å²) < 4.78 is 6.37. The number of carbonyl (C=O) groups excluding carboxylic acids is 1. The summed E-state index contributed by atoms with van der Waals surface area (Å²) >= 11 is 6.16. The number of halogens is 1. The predicted octanol–water partition coefficient (Wildman–Crippen LogP) is 3.69. The number of ether oxygens (including phenoxy) is 1. The summed E-state index contributed by atoms with van der Waals surface area (Å²) in [6.07, 6.45) is 3.53. The van der Waals surface area contributed by atoms with Crippen LogP contribution < -0.4 is 10.5 Å². The zero-order valence-electron chi connectivity index (χ0n) is 15.0. The normalized spacial score (nSPS) is 25.2. The summed E-state index contributed by atoms with van der Waals surface area (Å²) in [7, 11) is 1.68. The third-order valence-electron chi connectivity index (χ3n) is 6.06. The minimum Gasteiger partial charge on any atom is -0.487 e. The summed E-state index contributed by atoms with van der Waals surface area (Å²) in [5.74, 6) is 0.904. The molecule has 2 spiro atoms. The topological polar surface area (TPSA) is 67.9 Å². The fourth-order valence-electron chi connectivity index (χ4n) is 4.46. The van der Waals surface area contributed by atoms with E-state index in [-0.39, 0.29) is 17.5 Å². The van der Waals surface area contributed by atoms with Crippen LogP contribution in [0.4, 0.5) is 0 Å². The highest BCUT2D eigenvalue weighted by Crippen LogP contribution is 2.55. The van der Waals surface area contributed by atoms with Gasteiger partial charge < -0.3 is 10.5 Å². The Kier molecular flexibility index (Phi) is 3.38. The summed E-state index contributed by atoms with van der Waals surface area (Å²) in [4.78, 5) is 19.4. The number of rotatable bonds is 1. The van der Waals surface area contributed by atoms with Crippen LogP contribution in [0, 0.1) is 0 Å². The van der Waals surface area contributed by atoms with Crippen LogP contribution in [-0.4, -0.2) is 29.4 Å². The molecule has 0 aromatic heterocycles. The van der Waals surface area contributed by atoms with E-state index in [0.717, 1.165) is 41.7 Å². The van der Waals surface area contributed by atoms with Crippen LogP contribution >= 0.6 is 11.6 Å². The molecule has 2 heterocycles. The maximum Gasteiger partial charge on any atom is 0.261 e. The lowest BCUT2D eigenvalue weighted by molar-refractivity contribution is -0.136. The van der Waals surface area contributed by atoms with E-state index in [4.69, 9.17) is 22.1 Å². The smallest absolute Gasteiger partial charge is 0.261 e. The number of carbonyl (C=O) groups is 1. The number of guanidine groups is 1. The van der Waals surface area contributed by atoms with Crippen LogP contribution in [0.2, 0.25) is 5.02 Å². The molecular weight excluding hydrogens is 362 g/mol. The first-order valence-corrected chi connectivity index (χ1v) is 9.53. The molecule has 0 saturated heterocycles. The molecule has 138 valence electrons. The van der Waals surface area contributed by atoms with Gasteiger partial charge in [0.15, 0.2) is 11.5 Å². The quantitative estimate of drug-likeness (QED) is 0.819. The van der Waals surface area contributed by atoms with Crippen LogP contribution in [0.25, 0.3) is 11.1 Å². The first-order chi connectivity index (χ1) is 12.9. The van der Waals surface area contributed by atoms with E-state index < -0.39 is 5.54 Å². The van der Waals surface area contributed by atoms with Crippen LogP contribution in [0.15, 0.2) is 47.5 Å². The third kappa shape index (κ3) is 2.31. The highest BCUT2D eigenvalue weighted by atomic mass is 35.5. The number of amides is 1. The van der Waals surface area contributed by atoms with Crippen molar-refractivity contribution in [3.63, 3.8) is 0 Å². The predicted molar refractivity (Wildman–Crippen MR) is 105 cm³/mol. The molecule has 0 radical (unpaired) electrons. The Balaban J connectivity index is 1.70. The molecule has 1 aliphatic carbocycles. The maximum absolute atomic E-state index is 13.2. The molecule has 27 heavy (non-hydrogen) atoms. The monoisotopic (exact) mass is 381 g/mol. The molecule has 1 amide bonds. The first kappa shape index (κ1) is 16.6. The van der Waals surface area contributed by atoms with Crippen molar-refractivity contribution in [1.29, 1.82) is 0 Å². The van der Waals surface area contributed by atoms with Crippen LogP contribution in [-0.2, 0) is 10.3 Å². The lowest BCUT2D eigenvalue weighted by atomic mass is 9.67. The van der Waals surface area contributed by atoms with E-state index >= 15 is 0 Å². The van der Waals surface area contributed by atoms with Gasteiger partial charge in [0, 0.05) is 24.1 Å². The van der Waals surface area contributed by atoms with Crippen molar-refractivity contribution in [2.75, 3.05) is 7.05 Å². The Labute approximate surface area is 162 Å². The van der Waals surface area contributed by atoms with Crippen molar-refractivity contribution in [1.82, 2.24) is 4.90 Å². The molecule has 1 fully saturated rings. The van der Waals surface area contributed by atoms with Gasteiger partial charge in [0.25, 0.3) is 5.91 Å². The molecule has 2 aliphatic heterocycles. The molecule has 1 saturated carbocycles. The van der Waals surface area contributed by atoms with E-state index in [9.17, 15) is 4.79 Å². The molecule has 6 heteroatoms. The van der Waals surface area contributed by atoms with E-state index in [2.05, 4.69) is 4.99 Å². The largest absolute Gasteiger partial charge is 0.487 e. The van der Waals surface area contributed by atoms with Gasteiger partial charge in [-0.15, -0.1) is 0 Å². The molecule has 0 bridgehead atoms. The SMILES string of the molecule is CN1C(=O)C2(CC3(CCC3)Oc3ccc(-c4cccc(Cl)c4)cc32)N=C1N. The van der Waals surface area contributed by atoms with E-state index in [1.807, 2.05) is 42.5 Å². The Morgan fingerprint density at radius 3 is 2.59 bits per heavy atom. The number of nitrogens with zero attached hydrogens (tertiary/aromatic N) is 2. The number of hydrogen-bond acceptors (Lipinski definition) is 4. The van der Waals surface area contributed by atoms with Gasteiger partial charge in [-0.3, -0.25) is 9.69 Å². The molecule has 3 aliphatic rings. The Morgan fingerprint density at radius 1 is 1.19 bits per heavy atom. The fourth-order valence-corrected chi connectivity index (χ4v) is 4.65. The van der Waals surface area contributed by atoms with Gasteiger partial charge in [0.2, 0.25) is 0 Å². The Morgan fingerprint density at radius 2 is 1.96 bits per heavy atom. The molecule has 2 aromatic rings. The lowest BCUT2D eigenvalue weighted by Crippen LogP contribution is -2.54. The summed E-state index contributed by atoms with van der Waals surface area (Å²) in [5.41, 5.74) is 7.48. The summed E-state index contributed by atoms with van der Waals surface area (Å²) in [5, 5.41) is 0.670. The number of likely N-dealkylation sites (N-methyl/N-ethyl adjacent to an activating group) is 1. The molecule has 1 atom stereocenters. The van der Waals surface area contributed by atoms with Gasteiger partial charge >= 0.3 is 0 Å². The first-order valence-electron chi connectivity index (χ1n) is 9.16. The minimum absolute atomic E-state index is 0.0842. The van der Waals surface area contributed by atoms with Crippen molar-refractivity contribution in [2.24, 2.45) is 10.7 Å². The van der Waals surface area contributed by atoms with Crippen molar-refractivity contribution < 1.29 is 9.53 Å². The average molecular weight is 382 g/mol. The number of aliphatic imine (C=N–C) groups is 1. The van der Waals surface area contributed by atoms with E-state index in [1.54, 1.807) is 7.05 Å². The molecule has 5 rings (SSSR count). The van der Waals surface area contributed by atoms with E-state index in [1.165, 1.54) is 4.90 Å². The van der Waals surface area contributed by atoms with Gasteiger partial charge in [-0.1, -0.05) is 29.8 Å². The fraction of sp³-hybridized carbons (Fsp3) is 0.333.